The van der Waals surface area contributed by atoms with Crippen LogP contribution in [-0.2, 0) is 22.4 Å². The van der Waals surface area contributed by atoms with Gasteiger partial charge in [0.1, 0.15) is 5.75 Å². The SMILES string of the molecule is O=C(CCCOc1ccc2c(c1)CCC(=O)N2)NCCc1ccncc1. The topological polar surface area (TPSA) is 80.3 Å². The maximum absolute atomic E-state index is 11.8. The number of hydrogen-bond donors (Lipinski definition) is 2. The Morgan fingerprint density at radius 3 is 2.88 bits per heavy atom. The zero-order valence-corrected chi connectivity index (χ0v) is 14.7. The number of nitrogens with zero attached hydrogens (tertiary/aromatic N) is 1. The summed E-state index contributed by atoms with van der Waals surface area (Å²) in [5.41, 5.74) is 3.12. The van der Waals surface area contributed by atoms with Crippen molar-refractivity contribution in [2.45, 2.75) is 32.1 Å². The first-order valence-electron chi connectivity index (χ1n) is 8.92. The number of amides is 2. The summed E-state index contributed by atoms with van der Waals surface area (Å²) < 4.78 is 5.72. The van der Waals surface area contributed by atoms with E-state index >= 15 is 0 Å². The number of ether oxygens (including phenoxy) is 1. The summed E-state index contributed by atoms with van der Waals surface area (Å²) in [6.45, 7) is 1.11. The van der Waals surface area contributed by atoms with Crippen LogP contribution in [0.2, 0.25) is 0 Å². The van der Waals surface area contributed by atoms with Crippen molar-refractivity contribution in [3.05, 3.63) is 53.9 Å². The first-order valence-corrected chi connectivity index (χ1v) is 8.92. The number of pyridine rings is 1. The molecule has 0 aliphatic carbocycles. The van der Waals surface area contributed by atoms with Gasteiger partial charge in [0.15, 0.2) is 0 Å². The monoisotopic (exact) mass is 353 g/mol. The molecule has 1 aliphatic rings. The second-order valence-corrected chi connectivity index (χ2v) is 6.27. The molecule has 0 saturated heterocycles. The van der Waals surface area contributed by atoms with Crippen molar-refractivity contribution in [2.24, 2.45) is 0 Å². The molecular formula is C20H23N3O3. The number of aromatic nitrogens is 1. The van der Waals surface area contributed by atoms with E-state index in [4.69, 9.17) is 4.74 Å². The molecular weight excluding hydrogens is 330 g/mol. The molecule has 1 aromatic carbocycles. The number of carbonyl (C=O) groups is 2. The highest BCUT2D eigenvalue weighted by Crippen LogP contribution is 2.26. The molecule has 26 heavy (non-hydrogen) atoms. The number of fused-ring (bicyclic) bond motifs is 1. The molecule has 6 nitrogen and oxygen atoms in total. The normalized spacial score (nSPS) is 12.8. The summed E-state index contributed by atoms with van der Waals surface area (Å²) in [6.07, 6.45) is 6.66. The molecule has 0 bridgehead atoms. The number of benzene rings is 1. The van der Waals surface area contributed by atoms with E-state index in [1.165, 1.54) is 0 Å². The molecule has 3 rings (SSSR count). The van der Waals surface area contributed by atoms with Gasteiger partial charge in [-0.15, -0.1) is 0 Å². The Balaban J connectivity index is 1.32. The van der Waals surface area contributed by atoms with Gasteiger partial charge in [-0.05, 0) is 60.7 Å². The number of nitrogens with one attached hydrogen (secondary N) is 2. The predicted molar refractivity (Wildman–Crippen MR) is 99.1 cm³/mol. The fraction of sp³-hybridized carbons (Fsp3) is 0.350. The van der Waals surface area contributed by atoms with E-state index in [0.717, 1.165) is 35.4 Å². The lowest BCUT2D eigenvalue weighted by Crippen LogP contribution is -2.25. The van der Waals surface area contributed by atoms with E-state index in [-0.39, 0.29) is 11.8 Å². The third-order valence-corrected chi connectivity index (χ3v) is 4.27. The second-order valence-electron chi connectivity index (χ2n) is 6.27. The third-order valence-electron chi connectivity index (χ3n) is 4.27. The molecule has 2 heterocycles. The number of rotatable bonds is 8. The molecule has 1 aromatic heterocycles. The van der Waals surface area contributed by atoms with Crippen molar-refractivity contribution in [1.29, 1.82) is 0 Å². The van der Waals surface area contributed by atoms with Crippen molar-refractivity contribution >= 4 is 17.5 Å². The van der Waals surface area contributed by atoms with E-state index in [9.17, 15) is 9.59 Å². The Hall–Kier alpha value is -2.89. The fourth-order valence-electron chi connectivity index (χ4n) is 2.86. The number of carbonyl (C=O) groups excluding carboxylic acids is 2. The van der Waals surface area contributed by atoms with Crippen molar-refractivity contribution < 1.29 is 14.3 Å². The molecule has 0 radical (unpaired) electrons. The highest BCUT2D eigenvalue weighted by molar-refractivity contribution is 5.94. The molecule has 0 atom stereocenters. The molecule has 2 N–H and O–H groups in total. The van der Waals surface area contributed by atoms with E-state index in [0.29, 0.717) is 32.4 Å². The molecule has 136 valence electrons. The quantitative estimate of drug-likeness (QED) is 0.715. The Morgan fingerprint density at radius 1 is 1.19 bits per heavy atom. The summed E-state index contributed by atoms with van der Waals surface area (Å²) in [4.78, 5) is 27.2. The molecule has 2 aromatic rings. The van der Waals surface area contributed by atoms with Gasteiger partial charge in [0.2, 0.25) is 11.8 Å². The summed E-state index contributed by atoms with van der Waals surface area (Å²) in [7, 11) is 0. The van der Waals surface area contributed by atoms with Crippen LogP contribution in [0, 0.1) is 0 Å². The zero-order chi connectivity index (χ0) is 18.2. The molecule has 0 spiro atoms. The van der Waals surface area contributed by atoms with E-state index < -0.39 is 0 Å². The lowest BCUT2D eigenvalue weighted by atomic mass is 10.0. The largest absolute Gasteiger partial charge is 0.494 e. The molecule has 2 amide bonds. The smallest absolute Gasteiger partial charge is 0.224 e. The lowest BCUT2D eigenvalue weighted by molar-refractivity contribution is -0.121. The lowest BCUT2D eigenvalue weighted by Gasteiger charge is -2.17. The molecule has 0 saturated carbocycles. The summed E-state index contributed by atoms with van der Waals surface area (Å²) in [5, 5.41) is 5.77. The van der Waals surface area contributed by atoms with Crippen LogP contribution >= 0.6 is 0 Å². The van der Waals surface area contributed by atoms with Gasteiger partial charge in [-0.25, -0.2) is 0 Å². The fourth-order valence-corrected chi connectivity index (χ4v) is 2.86. The number of hydrogen-bond acceptors (Lipinski definition) is 4. The summed E-state index contributed by atoms with van der Waals surface area (Å²) >= 11 is 0. The highest BCUT2D eigenvalue weighted by atomic mass is 16.5. The molecule has 0 fully saturated rings. The minimum Gasteiger partial charge on any atom is -0.494 e. The molecule has 1 aliphatic heterocycles. The van der Waals surface area contributed by atoms with Crippen LogP contribution in [0.4, 0.5) is 5.69 Å². The van der Waals surface area contributed by atoms with Crippen LogP contribution in [0.3, 0.4) is 0 Å². The van der Waals surface area contributed by atoms with Gasteiger partial charge in [0.05, 0.1) is 6.61 Å². The van der Waals surface area contributed by atoms with E-state index in [1.54, 1.807) is 12.4 Å². The van der Waals surface area contributed by atoms with Gasteiger partial charge in [0.25, 0.3) is 0 Å². The summed E-state index contributed by atoms with van der Waals surface area (Å²) in [5.74, 6) is 0.870. The standard InChI is InChI=1S/C20H23N3O3/c24-19(22-12-9-15-7-10-21-11-8-15)2-1-13-26-17-4-5-18-16(14-17)3-6-20(25)23-18/h4-5,7-8,10-11,14H,1-3,6,9,12-13H2,(H,22,24)(H,23,25). The van der Waals surface area contributed by atoms with Crippen LogP contribution in [0.1, 0.15) is 30.4 Å². The van der Waals surface area contributed by atoms with Gasteiger partial charge in [-0.3, -0.25) is 14.6 Å². The first kappa shape index (κ1) is 17.9. The van der Waals surface area contributed by atoms with Crippen LogP contribution in [0.5, 0.6) is 5.75 Å². The molecule has 0 unspecified atom stereocenters. The van der Waals surface area contributed by atoms with Crippen molar-refractivity contribution in [3.63, 3.8) is 0 Å². The Kier molecular flexibility index (Phi) is 6.19. The Labute approximate surface area is 153 Å². The second kappa shape index (κ2) is 8.99. The van der Waals surface area contributed by atoms with Crippen LogP contribution < -0.4 is 15.4 Å². The number of aryl methyl sites for hydroxylation is 1. The van der Waals surface area contributed by atoms with Gasteiger partial charge in [-0.1, -0.05) is 0 Å². The first-order chi connectivity index (χ1) is 12.7. The van der Waals surface area contributed by atoms with E-state index in [2.05, 4.69) is 15.6 Å². The average Bonchev–Trinajstić information content (AvgIpc) is 2.66. The van der Waals surface area contributed by atoms with Crippen LogP contribution in [-0.4, -0.2) is 29.9 Å². The third kappa shape index (κ3) is 5.31. The van der Waals surface area contributed by atoms with Gasteiger partial charge in [0, 0.05) is 37.5 Å². The zero-order valence-electron chi connectivity index (χ0n) is 14.7. The maximum atomic E-state index is 11.8. The predicted octanol–water partition coefficient (Wildman–Crippen LogP) is 2.48. The minimum atomic E-state index is 0.0378. The Morgan fingerprint density at radius 2 is 2.04 bits per heavy atom. The molecule has 6 heteroatoms. The average molecular weight is 353 g/mol. The van der Waals surface area contributed by atoms with Gasteiger partial charge < -0.3 is 15.4 Å². The Bertz CT molecular complexity index is 762. The maximum Gasteiger partial charge on any atom is 0.224 e. The number of anilines is 1. The van der Waals surface area contributed by atoms with Crippen molar-refractivity contribution in [3.8, 4) is 5.75 Å². The van der Waals surface area contributed by atoms with E-state index in [1.807, 2.05) is 30.3 Å². The van der Waals surface area contributed by atoms with Crippen LogP contribution in [0.25, 0.3) is 0 Å². The van der Waals surface area contributed by atoms with Crippen molar-refractivity contribution in [1.82, 2.24) is 10.3 Å². The van der Waals surface area contributed by atoms with Gasteiger partial charge >= 0.3 is 0 Å². The van der Waals surface area contributed by atoms with Crippen LogP contribution in [0.15, 0.2) is 42.7 Å². The van der Waals surface area contributed by atoms with Crippen molar-refractivity contribution in [2.75, 3.05) is 18.5 Å². The van der Waals surface area contributed by atoms with Gasteiger partial charge in [-0.2, -0.15) is 0 Å². The highest BCUT2D eigenvalue weighted by Gasteiger charge is 2.15. The minimum absolute atomic E-state index is 0.0378. The summed E-state index contributed by atoms with van der Waals surface area (Å²) in [6, 6.07) is 9.57.